The second-order valence-corrected chi connectivity index (χ2v) is 5.21. The van der Waals surface area contributed by atoms with Gasteiger partial charge in [0, 0.05) is 5.69 Å². The molecule has 1 atom stereocenters. The smallest absolute Gasteiger partial charge is 0.343 e. The first kappa shape index (κ1) is 15.2. The molecule has 0 spiro atoms. The molecule has 3 rings (SSSR count). The molecule has 3 aromatic rings. The molecular weight excluding hydrogens is 297 g/mol. The maximum Gasteiger partial charge on any atom is 0.343 e. The summed E-state index contributed by atoms with van der Waals surface area (Å²) in [6, 6.07) is 11.6. The Labute approximate surface area is 132 Å². The number of nitrogens with zero attached hydrogens (tertiary/aromatic N) is 2. The lowest BCUT2D eigenvalue weighted by Gasteiger charge is -2.13. The number of benzene rings is 2. The van der Waals surface area contributed by atoms with Crippen LogP contribution >= 0.6 is 0 Å². The summed E-state index contributed by atoms with van der Waals surface area (Å²) in [6.07, 6.45) is 0. The van der Waals surface area contributed by atoms with Crippen molar-refractivity contribution >= 4 is 17.0 Å². The van der Waals surface area contributed by atoms with Crippen LogP contribution in [0.3, 0.4) is 0 Å². The first-order valence-electron chi connectivity index (χ1n) is 7.14. The molecule has 0 aliphatic heterocycles. The summed E-state index contributed by atoms with van der Waals surface area (Å²) in [6.45, 7) is 1.79. The lowest BCUT2D eigenvalue weighted by atomic mass is 10.1. The molecule has 0 saturated carbocycles. The van der Waals surface area contributed by atoms with Crippen LogP contribution in [0.2, 0.25) is 0 Å². The van der Waals surface area contributed by atoms with E-state index >= 15 is 0 Å². The van der Waals surface area contributed by atoms with Crippen LogP contribution in [-0.2, 0) is 4.74 Å². The van der Waals surface area contributed by atoms with Crippen molar-refractivity contribution in [1.82, 2.24) is 9.55 Å². The fourth-order valence-corrected chi connectivity index (χ4v) is 2.60. The molecule has 0 unspecified atom stereocenters. The van der Waals surface area contributed by atoms with Crippen LogP contribution in [0.15, 0.2) is 42.5 Å². The number of aromatic nitrogens is 2. The summed E-state index contributed by atoms with van der Waals surface area (Å²) in [5.41, 5.74) is 7.47. The van der Waals surface area contributed by atoms with E-state index in [4.69, 9.17) is 10.5 Å². The van der Waals surface area contributed by atoms with Crippen LogP contribution < -0.4 is 5.73 Å². The Morgan fingerprint density at radius 1 is 1.26 bits per heavy atom. The molecule has 5 nitrogen and oxygen atoms in total. The number of methoxy groups -OCH3 is 1. The average molecular weight is 313 g/mol. The van der Waals surface area contributed by atoms with Crippen LogP contribution in [-0.4, -0.2) is 22.6 Å². The second kappa shape index (κ2) is 5.81. The summed E-state index contributed by atoms with van der Waals surface area (Å²) in [4.78, 5) is 16.5. The molecule has 0 fully saturated rings. The van der Waals surface area contributed by atoms with E-state index < -0.39 is 17.8 Å². The van der Waals surface area contributed by atoms with Crippen molar-refractivity contribution in [2.75, 3.05) is 7.11 Å². The third kappa shape index (κ3) is 2.47. The number of rotatable bonds is 3. The van der Waals surface area contributed by atoms with E-state index in [1.807, 2.05) is 30.3 Å². The van der Waals surface area contributed by atoms with Gasteiger partial charge in [0.25, 0.3) is 0 Å². The zero-order valence-corrected chi connectivity index (χ0v) is 12.8. The highest BCUT2D eigenvalue weighted by Crippen LogP contribution is 2.29. The molecule has 2 aromatic carbocycles. The van der Waals surface area contributed by atoms with Gasteiger partial charge in [0.05, 0.1) is 24.2 Å². The lowest BCUT2D eigenvalue weighted by Crippen LogP contribution is -2.14. The Balaban J connectivity index is 2.46. The molecule has 2 N–H and O–H groups in total. The fourth-order valence-electron chi connectivity index (χ4n) is 2.60. The minimum absolute atomic E-state index is 0.145. The largest absolute Gasteiger partial charge is 0.465 e. The van der Waals surface area contributed by atoms with E-state index in [0.29, 0.717) is 16.9 Å². The minimum Gasteiger partial charge on any atom is -0.465 e. The highest BCUT2D eigenvalue weighted by Gasteiger charge is 2.24. The second-order valence-electron chi connectivity index (χ2n) is 5.21. The fraction of sp³-hybridized carbons (Fsp3) is 0.176. The van der Waals surface area contributed by atoms with Crippen LogP contribution in [0.4, 0.5) is 4.39 Å². The van der Waals surface area contributed by atoms with E-state index in [1.54, 1.807) is 11.5 Å². The topological polar surface area (TPSA) is 70.1 Å². The zero-order chi connectivity index (χ0) is 16.6. The predicted molar refractivity (Wildman–Crippen MR) is 85.0 cm³/mol. The number of carbonyl (C=O) groups excluding carboxylic acids is 1. The summed E-state index contributed by atoms with van der Waals surface area (Å²) in [5, 5.41) is 0. The normalized spacial score (nSPS) is 12.3. The highest BCUT2D eigenvalue weighted by atomic mass is 19.1. The molecule has 0 aliphatic rings. The van der Waals surface area contributed by atoms with Crippen LogP contribution in [0.5, 0.6) is 0 Å². The first-order valence-corrected chi connectivity index (χ1v) is 7.14. The van der Waals surface area contributed by atoms with E-state index in [2.05, 4.69) is 4.98 Å². The van der Waals surface area contributed by atoms with Gasteiger partial charge < -0.3 is 10.5 Å². The van der Waals surface area contributed by atoms with Gasteiger partial charge in [-0.2, -0.15) is 0 Å². The summed E-state index contributed by atoms with van der Waals surface area (Å²) in [5.74, 6) is -0.860. The highest BCUT2D eigenvalue weighted by molar-refractivity contribution is 6.03. The molecule has 1 heterocycles. The Morgan fingerprint density at radius 2 is 1.96 bits per heavy atom. The first-order chi connectivity index (χ1) is 11.0. The molecule has 1 aromatic heterocycles. The van der Waals surface area contributed by atoms with E-state index in [0.717, 1.165) is 5.69 Å². The molecule has 0 amide bonds. The maximum absolute atomic E-state index is 14.3. The van der Waals surface area contributed by atoms with Gasteiger partial charge in [-0.25, -0.2) is 14.2 Å². The number of fused-ring (bicyclic) bond motifs is 1. The maximum atomic E-state index is 14.3. The van der Waals surface area contributed by atoms with Gasteiger partial charge >= 0.3 is 5.97 Å². The SMILES string of the molecule is COC(=O)c1c(F)ccc2nc([C@H](C)N)n(-c3ccccc3)c12. The van der Waals surface area contributed by atoms with Crippen LogP contribution in [0.25, 0.3) is 16.7 Å². The van der Waals surface area contributed by atoms with Gasteiger partial charge in [-0.3, -0.25) is 4.57 Å². The van der Waals surface area contributed by atoms with Crippen molar-refractivity contribution in [1.29, 1.82) is 0 Å². The number of halogens is 1. The van der Waals surface area contributed by atoms with Crippen molar-refractivity contribution in [2.24, 2.45) is 5.73 Å². The van der Waals surface area contributed by atoms with E-state index in [-0.39, 0.29) is 5.56 Å². The van der Waals surface area contributed by atoms with Crippen molar-refractivity contribution in [3.05, 3.63) is 59.7 Å². The number of carbonyl (C=O) groups is 1. The third-order valence-electron chi connectivity index (χ3n) is 3.60. The molecular formula is C17H16FN3O2. The van der Waals surface area contributed by atoms with Gasteiger partial charge in [-0.15, -0.1) is 0 Å². The molecule has 23 heavy (non-hydrogen) atoms. The predicted octanol–water partition coefficient (Wildman–Crippen LogP) is 2.97. The quantitative estimate of drug-likeness (QED) is 0.755. The Hall–Kier alpha value is -2.73. The van der Waals surface area contributed by atoms with Crippen LogP contribution in [0, 0.1) is 5.82 Å². The van der Waals surface area contributed by atoms with Gasteiger partial charge in [-0.1, -0.05) is 18.2 Å². The van der Waals surface area contributed by atoms with E-state index in [9.17, 15) is 9.18 Å². The molecule has 0 bridgehead atoms. The lowest BCUT2D eigenvalue weighted by molar-refractivity contribution is 0.0597. The number of ether oxygens (including phenoxy) is 1. The average Bonchev–Trinajstić information content (AvgIpc) is 2.94. The standard InChI is InChI=1S/C17H16FN3O2/c1-10(19)16-20-13-9-8-12(18)14(17(22)23-2)15(13)21(16)11-6-4-3-5-7-11/h3-10H,19H2,1-2H3/t10-/m0/s1. The van der Waals surface area contributed by atoms with E-state index in [1.165, 1.54) is 19.2 Å². The number of imidazole rings is 1. The Morgan fingerprint density at radius 3 is 2.57 bits per heavy atom. The number of para-hydroxylation sites is 1. The summed E-state index contributed by atoms with van der Waals surface area (Å²) >= 11 is 0. The number of hydrogen-bond acceptors (Lipinski definition) is 4. The minimum atomic E-state index is -0.749. The van der Waals surface area contributed by atoms with Gasteiger partial charge in [-0.05, 0) is 31.2 Å². The summed E-state index contributed by atoms with van der Waals surface area (Å²) in [7, 11) is 1.22. The monoisotopic (exact) mass is 313 g/mol. The third-order valence-corrected chi connectivity index (χ3v) is 3.60. The number of esters is 1. The molecule has 118 valence electrons. The number of nitrogens with two attached hydrogens (primary N) is 1. The molecule has 6 heteroatoms. The van der Waals surface area contributed by atoms with Gasteiger partial charge in [0.2, 0.25) is 0 Å². The van der Waals surface area contributed by atoms with Crippen molar-refractivity contribution in [2.45, 2.75) is 13.0 Å². The van der Waals surface area contributed by atoms with Crippen LogP contribution in [0.1, 0.15) is 29.1 Å². The Bertz CT molecular complexity index is 872. The molecule has 0 radical (unpaired) electrons. The van der Waals surface area contributed by atoms with Gasteiger partial charge in [0.1, 0.15) is 17.2 Å². The summed E-state index contributed by atoms with van der Waals surface area (Å²) < 4.78 is 20.7. The molecule has 0 saturated heterocycles. The molecule has 0 aliphatic carbocycles. The van der Waals surface area contributed by atoms with Crippen molar-refractivity contribution in [3.8, 4) is 5.69 Å². The van der Waals surface area contributed by atoms with Crippen molar-refractivity contribution in [3.63, 3.8) is 0 Å². The van der Waals surface area contributed by atoms with Crippen molar-refractivity contribution < 1.29 is 13.9 Å². The number of hydrogen-bond donors (Lipinski definition) is 1. The van der Waals surface area contributed by atoms with Gasteiger partial charge in [0.15, 0.2) is 0 Å². The Kier molecular flexibility index (Phi) is 3.83. The zero-order valence-electron chi connectivity index (χ0n) is 12.8.